The maximum atomic E-state index is 5.79. The van der Waals surface area contributed by atoms with Gasteiger partial charge in [0.25, 0.3) is 0 Å². The standard InChI is InChI=1S/C12H17ClN4/c1-2-5-17-6-3-10(4-7-17)15-12-9-14-8-11(13)16-12/h2,8-10H,1,3-7H2,(H,15,16). The van der Waals surface area contributed by atoms with Crippen molar-refractivity contribution in [2.45, 2.75) is 18.9 Å². The number of hydrogen-bond acceptors (Lipinski definition) is 4. The number of hydrogen-bond donors (Lipinski definition) is 1. The van der Waals surface area contributed by atoms with E-state index < -0.39 is 0 Å². The minimum Gasteiger partial charge on any atom is -0.366 e. The highest BCUT2D eigenvalue weighted by Gasteiger charge is 2.18. The summed E-state index contributed by atoms with van der Waals surface area (Å²) in [5, 5.41) is 3.80. The van der Waals surface area contributed by atoms with Gasteiger partial charge >= 0.3 is 0 Å². The minimum absolute atomic E-state index is 0.430. The minimum atomic E-state index is 0.430. The summed E-state index contributed by atoms with van der Waals surface area (Å²) < 4.78 is 0. The fourth-order valence-electron chi connectivity index (χ4n) is 2.06. The highest BCUT2D eigenvalue weighted by atomic mass is 35.5. The molecule has 1 fully saturated rings. The first-order chi connectivity index (χ1) is 8.28. The van der Waals surface area contributed by atoms with Crippen LogP contribution in [-0.4, -0.2) is 40.5 Å². The van der Waals surface area contributed by atoms with Gasteiger partial charge in [-0.3, -0.25) is 9.88 Å². The SMILES string of the molecule is C=CCN1CCC(Nc2cncc(Cl)n2)CC1. The molecule has 2 heterocycles. The van der Waals surface area contributed by atoms with E-state index in [9.17, 15) is 0 Å². The van der Waals surface area contributed by atoms with Crippen LogP contribution < -0.4 is 5.32 Å². The third-order valence-corrected chi connectivity index (χ3v) is 3.11. The summed E-state index contributed by atoms with van der Waals surface area (Å²) in [6.07, 6.45) is 7.43. The van der Waals surface area contributed by atoms with Gasteiger partial charge in [-0.05, 0) is 12.8 Å². The molecule has 0 bridgehead atoms. The van der Waals surface area contributed by atoms with Gasteiger partial charge in [0.05, 0.1) is 12.4 Å². The summed E-state index contributed by atoms with van der Waals surface area (Å²) in [4.78, 5) is 10.6. The fraction of sp³-hybridized carbons (Fsp3) is 0.500. The Kier molecular flexibility index (Phi) is 4.34. The van der Waals surface area contributed by atoms with Gasteiger partial charge in [-0.2, -0.15) is 0 Å². The molecule has 92 valence electrons. The quantitative estimate of drug-likeness (QED) is 0.834. The lowest BCUT2D eigenvalue weighted by atomic mass is 10.1. The average molecular weight is 253 g/mol. The largest absolute Gasteiger partial charge is 0.366 e. The van der Waals surface area contributed by atoms with Crippen LogP contribution in [0.4, 0.5) is 5.82 Å². The van der Waals surface area contributed by atoms with Crippen molar-refractivity contribution in [2.24, 2.45) is 0 Å². The lowest BCUT2D eigenvalue weighted by Gasteiger charge is -2.31. The van der Waals surface area contributed by atoms with Gasteiger partial charge in [0.2, 0.25) is 0 Å². The Labute approximate surface area is 107 Å². The van der Waals surface area contributed by atoms with Gasteiger partial charge in [-0.1, -0.05) is 17.7 Å². The molecular formula is C12H17ClN4. The lowest BCUT2D eigenvalue weighted by molar-refractivity contribution is 0.240. The molecule has 1 saturated heterocycles. The molecule has 1 aliphatic heterocycles. The second-order valence-electron chi connectivity index (χ2n) is 4.23. The van der Waals surface area contributed by atoms with E-state index in [1.54, 1.807) is 12.4 Å². The zero-order valence-corrected chi connectivity index (χ0v) is 10.5. The van der Waals surface area contributed by atoms with Gasteiger partial charge in [0.1, 0.15) is 11.0 Å². The van der Waals surface area contributed by atoms with E-state index >= 15 is 0 Å². The first-order valence-corrected chi connectivity index (χ1v) is 6.23. The molecule has 0 saturated carbocycles. The molecule has 5 heteroatoms. The molecule has 1 aliphatic rings. The molecule has 1 aromatic rings. The average Bonchev–Trinajstić information content (AvgIpc) is 2.32. The van der Waals surface area contributed by atoms with Gasteiger partial charge in [0.15, 0.2) is 0 Å². The van der Waals surface area contributed by atoms with Crippen LogP contribution >= 0.6 is 11.6 Å². The van der Waals surface area contributed by atoms with Crippen LogP contribution in [0, 0.1) is 0 Å². The molecular weight excluding hydrogens is 236 g/mol. The van der Waals surface area contributed by atoms with Crippen molar-refractivity contribution in [3.05, 3.63) is 30.2 Å². The monoisotopic (exact) mass is 252 g/mol. The van der Waals surface area contributed by atoms with E-state index in [1.807, 2.05) is 6.08 Å². The Morgan fingerprint density at radius 1 is 1.47 bits per heavy atom. The van der Waals surface area contributed by atoms with Crippen molar-refractivity contribution < 1.29 is 0 Å². The summed E-state index contributed by atoms with van der Waals surface area (Å²) >= 11 is 5.79. The maximum Gasteiger partial charge on any atom is 0.149 e. The number of nitrogens with zero attached hydrogens (tertiary/aromatic N) is 3. The summed E-state index contributed by atoms with van der Waals surface area (Å²) in [5.74, 6) is 0.764. The van der Waals surface area contributed by atoms with Crippen molar-refractivity contribution in [3.63, 3.8) is 0 Å². The van der Waals surface area contributed by atoms with Crippen molar-refractivity contribution >= 4 is 17.4 Å². The smallest absolute Gasteiger partial charge is 0.149 e. The first kappa shape index (κ1) is 12.3. The van der Waals surface area contributed by atoms with E-state index in [0.29, 0.717) is 11.2 Å². The number of likely N-dealkylation sites (tertiary alicyclic amines) is 1. The normalized spacial score (nSPS) is 17.9. The van der Waals surface area contributed by atoms with Crippen LogP contribution in [0.15, 0.2) is 25.0 Å². The molecule has 1 aromatic heterocycles. The van der Waals surface area contributed by atoms with Gasteiger partial charge in [0, 0.05) is 25.7 Å². The number of anilines is 1. The molecule has 0 aromatic carbocycles. The zero-order chi connectivity index (χ0) is 12.1. The third-order valence-electron chi connectivity index (χ3n) is 2.93. The van der Waals surface area contributed by atoms with E-state index in [0.717, 1.165) is 38.3 Å². The molecule has 1 N–H and O–H groups in total. The van der Waals surface area contributed by atoms with Crippen molar-refractivity contribution in [3.8, 4) is 0 Å². The summed E-state index contributed by atoms with van der Waals surface area (Å²) in [6, 6.07) is 0.462. The van der Waals surface area contributed by atoms with Crippen LogP contribution in [0.5, 0.6) is 0 Å². The molecule has 2 rings (SSSR count). The molecule has 0 radical (unpaired) electrons. The Morgan fingerprint density at radius 3 is 2.88 bits per heavy atom. The Hall–Kier alpha value is -1.13. The fourth-order valence-corrected chi connectivity index (χ4v) is 2.21. The number of piperidine rings is 1. The van der Waals surface area contributed by atoms with E-state index in [4.69, 9.17) is 11.6 Å². The van der Waals surface area contributed by atoms with Crippen molar-refractivity contribution in [2.75, 3.05) is 25.0 Å². The van der Waals surface area contributed by atoms with Crippen LogP contribution in [0.25, 0.3) is 0 Å². The highest BCUT2D eigenvalue weighted by molar-refractivity contribution is 6.29. The predicted molar refractivity (Wildman–Crippen MR) is 70.3 cm³/mol. The van der Waals surface area contributed by atoms with Gasteiger partial charge in [-0.15, -0.1) is 6.58 Å². The molecule has 0 spiro atoms. The first-order valence-electron chi connectivity index (χ1n) is 5.85. The number of halogens is 1. The number of aromatic nitrogens is 2. The highest BCUT2D eigenvalue weighted by Crippen LogP contribution is 2.15. The van der Waals surface area contributed by atoms with Crippen LogP contribution in [0.3, 0.4) is 0 Å². The van der Waals surface area contributed by atoms with Crippen molar-refractivity contribution in [1.82, 2.24) is 14.9 Å². The third kappa shape index (κ3) is 3.68. The number of rotatable bonds is 4. The molecule has 0 atom stereocenters. The van der Waals surface area contributed by atoms with E-state index in [1.165, 1.54) is 0 Å². The molecule has 0 amide bonds. The molecule has 0 unspecified atom stereocenters. The van der Waals surface area contributed by atoms with Gasteiger partial charge < -0.3 is 5.32 Å². The Bertz CT molecular complexity index is 375. The maximum absolute atomic E-state index is 5.79. The second kappa shape index (κ2) is 5.98. The van der Waals surface area contributed by atoms with E-state index in [-0.39, 0.29) is 0 Å². The molecule has 17 heavy (non-hydrogen) atoms. The predicted octanol–water partition coefficient (Wildman–Crippen LogP) is 2.19. The Morgan fingerprint density at radius 2 is 2.24 bits per heavy atom. The summed E-state index contributed by atoms with van der Waals surface area (Å²) in [5.41, 5.74) is 0. The molecule has 0 aliphatic carbocycles. The molecule has 4 nitrogen and oxygen atoms in total. The van der Waals surface area contributed by atoms with Gasteiger partial charge in [-0.25, -0.2) is 4.98 Å². The van der Waals surface area contributed by atoms with Crippen LogP contribution in [-0.2, 0) is 0 Å². The topological polar surface area (TPSA) is 41.0 Å². The van der Waals surface area contributed by atoms with E-state index in [2.05, 4.69) is 26.8 Å². The van der Waals surface area contributed by atoms with Crippen molar-refractivity contribution in [1.29, 1.82) is 0 Å². The van der Waals surface area contributed by atoms with Crippen LogP contribution in [0.1, 0.15) is 12.8 Å². The Balaban J connectivity index is 1.83. The number of nitrogens with one attached hydrogen (secondary N) is 1. The summed E-state index contributed by atoms with van der Waals surface area (Å²) in [7, 11) is 0. The lowest BCUT2D eigenvalue weighted by Crippen LogP contribution is -2.39. The summed E-state index contributed by atoms with van der Waals surface area (Å²) in [6.45, 7) is 6.93. The second-order valence-corrected chi connectivity index (χ2v) is 4.62. The van der Waals surface area contributed by atoms with Crippen LogP contribution in [0.2, 0.25) is 5.15 Å². The zero-order valence-electron chi connectivity index (χ0n) is 9.77.